The van der Waals surface area contributed by atoms with Crippen molar-refractivity contribution in [2.45, 2.75) is 19.4 Å². The van der Waals surface area contributed by atoms with Crippen LogP contribution in [0.2, 0.25) is 5.02 Å². The third kappa shape index (κ3) is 4.18. The lowest BCUT2D eigenvalue weighted by Gasteiger charge is -2.20. The van der Waals surface area contributed by atoms with Gasteiger partial charge in [-0.15, -0.1) is 0 Å². The molecule has 1 aliphatic rings. The van der Waals surface area contributed by atoms with E-state index in [0.29, 0.717) is 23.0 Å². The molecule has 0 aromatic heterocycles. The molecule has 0 radical (unpaired) electrons. The zero-order valence-corrected chi connectivity index (χ0v) is 11.5. The van der Waals surface area contributed by atoms with Crippen molar-refractivity contribution in [3.05, 3.63) is 38.9 Å². The van der Waals surface area contributed by atoms with Crippen LogP contribution in [-0.4, -0.2) is 34.0 Å². The van der Waals surface area contributed by atoms with Crippen molar-refractivity contribution in [3.8, 4) is 0 Å². The van der Waals surface area contributed by atoms with Crippen LogP contribution in [0, 0.1) is 16.0 Å². The highest BCUT2D eigenvalue weighted by Crippen LogP contribution is 2.31. The number of hydrogen-bond acceptors (Lipinski definition) is 4. The van der Waals surface area contributed by atoms with Gasteiger partial charge < -0.3 is 5.11 Å². The van der Waals surface area contributed by atoms with Gasteiger partial charge in [-0.2, -0.15) is 0 Å². The molecule has 0 saturated heterocycles. The predicted molar refractivity (Wildman–Crippen MR) is 73.7 cm³/mol. The molecule has 1 saturated carbocycles. The first-order chi connectivity index (χ1) is 9.45. The Balaban J connectivity index is 2.17. The van der Waals surface area contributed by atoms with Gasteiger partial charge in [0.25, 0.3) is 5.69 Å². The van der Waals surface area contributed by atoms with E-state index in [1.807, 2.05) is 0 Å². The van der Waals surface area contributed by atoms with Crippen molar-refractivity contribution in [3.63, 3.8) is 0 Å². The summed E-state index contributed by atoms with van der Waals surface area (Å²) in [6.07, 6.45) is 2.18. The molecule has 1 fully saturated rings. The van der Waals surface area contributed by atoms with Crippen LogP contribution in [0.5, 0.6) is 0 Å². The van der Waals surface area contributed by atoms with Crippen LogP contribution in [-0.2, 0) is 11.3 Å². The minimum absolute atomic E-state index is 0.0272. The molecule has 0 amide bonds. The van der Waals surface area contributed by atoms with E-state index in [2.05, 4.69) is 0 Å². The second kappa shape index (κ2) is 6.19. The number of benzene rings is 1. The number of rotatable bonds is 7. The lowest BCUT2D eigenvalue weighted by atomic mass is 10.1. The Morgan fingerprint density at radius 1 is 1.50 bits per heavy atom. The van der Waals surface area contributed by atoms with Gasteiger partial charge in [0, 0.05) is 29.7 Å². The molecule has 7 heteroatoms. The fourth-order valence-corrected chi connectivity index (χ4v) is 2.34. The van der Waals surface area contributed by atoms with Gasteiger partial charge in [0.1, 0.15) is 0 Å². The van der Waals surface area contributed by atoms with Crippen molar-refractivity contribution in [2.75, 3.05) is 13.1 Å². The summed E-state index contributed by atoms with van der Waals surface area (Å²) in [6, 6.07) is 4.35. The molecule has 20 heavy (non-hydrogen) atoms. The normalized spacial score (nSPS) is 14.5. The fourth-order valence-electron chi connectivity index (χ4n) is 2.14. The number of carbonyl (C=O) groups is 1. The van der Waals surface area contributed by atoms with E-state index in [1.54, 1.807) is 4.90 Å². The van der Waals surface area contributed by atoms with E-state index in [1.165, 1.54) is 18.2 Å². The lowest BCUT2D eigenvalue weighted by Crippen LogP contribution is -2.31. The van der Waals surface area contributed by atoms with Crippen molar-refractivity contribution < 1.29 is 14.8 Å². The minimum atomic E-state index is -0.935. The van der Waals surface area contributed by atoms with Gasteiger partial charge in [0.2, 0.25) is 0 Å². The van der Waals surface area contributed by atoms with Crippen LogP contribution >= 0.6 is 11.6 Å². The van der Waals surface area contributed by atoms with Crippen molar-refractivity contribution in [1.82, 2.24) is 4.90 Å². The van der Waals surface area contributed by atoms with Gasteiger partial charge in [0.15, 0.2) is 0 Å². The molecule has 0 spiro atoms. The zero-order valence-electron chi connectivity index (χ0n) is 10.8. The third-order valence-electron chi connectivity index (χ3n) is 3.20. The van der Waals surface area contributed by atoms with E-state index in [9.17, 15) is 14.9 Å². The van der Waals surface area contributed by atoms with Gasteiger partial charge in [0.05, 0.1) is 11.5 Å². The van der Waals surface area contributed by atoms with Crippen LogP contribution < -0.4 is 0 Å². The molecular weight excluding hydrogens is 284 g/mol. The smallest absolute Gasteiger partial charge is 0.317 e. The summed E-state index contributed by atoms with van der Waals surface area (Å²) < 4.78 is 0. The Morgan fingerprint density at radius 3 is 2.75 bits per heavy atom. The van der Waals surface area contributed by atoms with Gasteiger partial charge in [-0.25, -0.2) is 0 Å². The molecule has 0 heterocycles. The summed E-state index contributed by atoms with van der Waals surface area (Å²) in [5.41, 5.74) is 0.421. The summed E-state index contributed by atoms with van der Waals surface area (Å²) in [4.78, 5) is 23.1. The fraction of sp³-hybridized carbons (Fsp3) is 0.462. The van der Waals surface area contributed by atoms with Gasteiger partial charge in [-0.1, -0.05) is 11.6 Å². The largest absolute Gasteiger partial charge is 0.480 e. The first-order valence-electron chi connectivity index (χ1n) is 6.32. The number of nitro benzene ring substituents is 1. The standard InChI is InChI=1S/C13H15ClN2O4/c14-11-3-4-12(16(19)20)10(5-11)7-15(8-13(17)18)6-9-1-2-9/h3-5,9H,1-2,6-8H2,(H,17,18). The lowest BCUT2D eigenvalue weighted by molar-refractivity contribution is -0.385. The Morgan fingerprint density at radius 2 is 2.20 bits per heavy atom. The van der Waals surface area contributed by atoms with E-state index < -0.39 is 10.9 Å². The van der Waals surface area contributed by atoms with Crippen molar-refractivity contribution >= 4 is 23.3 Å². The second-order valence-electron chi connectivity index (χ2n) is 5.04. The molecule has 0 atom stereocenters. The molecule has 1 aliphatic carbocycles. The van der Waals surface area contributed by atoms with Crippen LogP contribution in [0.25, 0.3) is 0 Å². The number of hydrogen-bond donors (Lipinski definition) is 1. The van der Waals surface area contributed by atoms with E-state index in [4.69, 9.17) is 16.7 Å². The molecule has 0 unspecified atom stereocenters. The number of nitro groups is 1. The number of carboxylic acid groups (broad SMARTS) is 1. The Kier molecular flexibility index (Phi) is 4.57. The molecular formula is C13H15ClN2O4. The molecule has 1 N–H and O–H groups in total. The molecule has 2 rings (SSSR count). The monoisotopic (exact) mass is 298 g/mol. The average molecular weight is 299 g/mol. The minimum Gasteiger partial charge on any atom is -0.480 e. The van der Waals surface area contributed by atoms with Crippen LogP contribution in [0.3, 0.4) is 0 Å². The average Bonchev–Trinajstić information content (AvgIpc) is 3.11. The summed E-state index contributed by atoms with van der Waals surface area (Å²) >= 11 is 5.87. The van der Waals surface area contributed by atoms with Gasteiger partial charge in [-0.05, 0) is 30.9 Å². The number of aliphatic carboxylic acids is 1. The number of halogens is 1. The highest BCUT2D eigenvalue weighted by Gasteiger charge is 2.26. The molecule has 108 valence electrons. The molecule has 1 aromatic carbocycles. The second-order valence-corrected chi connectivity index (χ2v) is 5.47. The Hall–Kier alpha value is -1.66. The molecule has 6 nitrogen and oxygen atoms in total. The van der Waals surface area contributed by atoms with E-state index in [-0.39, 0.29) is 18.8 Å². The van der Waals surface area contributed by atoms with Crippen molar-refractivity contribution in [2.24, 2.45) is 5.92 Å². The molecule has 0 bridgehead atoms. The third-order valence-corrected chi connectivity index (χ3v) is 3.44. The van der Waals surface area contributed by atoms with E-state index >= 15 is 0 Å². The zero-order chi connectivity index (χ0) is 14.7. The summed E-state index contributed by atoms with van der Waals surface area (Å²) in [5, 5.41) is 20.3. The predicted octanol–water partition coefficient (Wildman–Crippen LogP) is 2.54. The first-order valence-corrected chi connectivity index (χ1v) is 6.70. The Labute approximate surface area is 121 Å². The van der Waals surface area contributed by atoms with Crippen LogP contribution in [0.1, 0.15) is 18.4 Å². The maximum absolute atomic E-state index is 11.0. The molecule has 0 aliphatic heterocycles. The number of carboxylic acids is 1. The van der Waals surface area contributed by atoms with Crippen LogP contribution in [0.4, 0.5) is 5.69 Å². The summed E-state index contributed by atoms with van der Waals surface area (Å²) in [6.45, 7) is 0.746. The van der Waals surface area contributed by atoms with Crippen molar-refractivity contribution in [1.29, 1.82) is 0 Å². The first kappa shape index (κ1) is 14.7. The summed E-state index contributed by atoms with van der Waals surface area (Å²) in [5.74, 6) is -0.428. The maximum atomic E-state index is 11.0. The van der Waals surface area contributed by atoms with Gasteiger partial charge >= 0.3 is 5.97 Å². The SMILES string of the molecule is O=C(O)CN(Cc1cc(Cl)ccc1[N+](=O)[O-])CC1CC1. The van der Waals surface area contributed by atoms with Crippen LogP contribution in [0.15, 0.2) is 18.2 Å². The molecule has 1 aromatic rings. The highest BCUT2D eigenvalue weighted by atomic mass is 35.5. The Bertz CT molecular complexity index is 531. The summed E-state index contributed by atoms with van der Waals surface area (Å²) in [7, 11) is 0. The van der Waals surface area contributed by atoms with Gasteiger partial charge in [-0.3, -0.25) is 19.8 Å². The quantitative estimate of drug-likeness (QED) is 0.618. The van der Waals surface area contributed by atoms with E-state index in [0.717, 1.165) is 12.8 Å². The highest BCUT2D eigenvalue weighted by molar-refractivity contribution is 6.30. The maximum Gasteiger partial charge on any atom is 0.317 e. The topological polar surface area (TPSA) is 83.7 Å². The number of nitrogens with zero attached hydrogens (tertiary/aromatic N) is 2.